The van der Waals surface area contributed by atoms with Crippen molar-refractivity contribution >= 4 is 5.97 Å². The third-order valence-corrected chi connectivity index (χ3v) is 2.67. The summed E-state index contributed by atoms with van der Waals surface area (Å²) in [5, 5.41) is 16.0. The predicted molar refractivity (Wildman–Crippen MR) is 81.4 cm³/mol. The number of aliphatic carboxylic acids is 1. The van der Waals surface area contributed by atoms with Gasteiger partial charge in [-0.05, 0) is 25.7 Å². The Balaban J connectivity index is 0. The first-order valence-electron chi connectivity index (χ1n) is 7.60. The van der Waals surface area contributed by atoms with Gasteiger partial charge in [-0.1, -0.05) is 57.6 Å². The molecule has 0 aliphatic rings. The van der Waals surface area contributed by atoms with Crippen molar-refractivity contribution in [3.8, 4) is 0 Å². The summed E-state index contributed by atoms with van der Waals surface area (Å²) >= 11 is 0. The summed E-state index contributed by atoms with van der Waals surface area (Å²) in [7, 11) is 0. The van der Waals surface area contributed by atoms with Gasteiger partial charge in [0, 0.05) is 13.5 Å². The fraction of sp³-hybridized carbons (Fsp3) is 0.812. The first kappa shape index (κ1) is 20.5. The van der Waals surface area contributed by atoms with Crippen LogP contribution in [-0.2, 0) is 4.79 Å². The monoisotopic (exact) mass is 272 g/mol. The Kier molecular flexibility index (Phi) is 21.0. The lowest BCUT2D eigenvalue weighted by Crippen LogP contribution is -1.83. The number of carboxylic acid groups (broad SMARTS) is 1. The van der Waals surface area contributed by atoms with E-state index in [9.17, 15) is 0 Å². The van der Waals surface area contributed by atoms with Crippen LogP contribution in [0.5, 0.6) is 0 Å². The van der Waals surface area contributed by atoms with E-state index in [2.05, 4.69) is 19.1 Å². The maximum Gasteiger partial charge on any atom is 0.300 e. The molecule has 0 rings (SSSR count). The number of hydrogen-bond donors (Lipinski definition) is 2. The lowest BCUT2D eigenvalue weighted by Gasteiger charge is -1.98. The standard InChI is InChI=1S/C14H28O.C2H4O2/c1-2-3-4-5-6-7-8-9-10-11-12-13-14-15;1-2(3)4/h5-6,15H,2-4,7-14H2,1H3;1H3,(H,3,4)/b6-5-;. The van der Waals surface area contributed by atoms with Crippen LogP contribution in [0.1, 0.15) is 78.1 Å². The van der Waals surface area contributed by atoms with E-state index in [1.807, 2.05) is 0 Å². The average molecular weight is 272 g/mol. The number of aliphatic hydroxyl groups is 1. The molecule has 0 amide bonds. The van der Waals surface area contributed by atoms with Crippen LogP contribution < -0.4 is 0 Å². The molecular formula is C16H32O3. The van der Waals surface area contributed by atoms with E-state index in [0.717, 1.165) is 13.3 Å². The van der Waals surface area contributed by atoms with Crippen molar-refractivity contribution < 1.29 is 15.0 Å². The molecule has 3 nitrogen and oxygen atoms in total. The van der Waals surface area contributed by atoms with Crippen molar-refractivity contribution in [3.05, 3.63) is 12.2 Å². The highest BCUT2D eigenvalue weighted by Gasteiger charge is 1.89. The van der Waals surface area contributed by atoms with Gasteiger partial charge in [0.1, 0.15) is 0 Å². The Labute approximate surface area is 118 Å². The van der Waals surface area contributed by atoms with Gasteiger partial charge in [0.15, 0.2) is 0 Å². The highest BCUT2D eigenvalue weighted by atomic mass is 16.4. The minimum atomic E-state index is -0.833. The van der Waals surface area contributed by atoms with Crippen LogP contribution in [0.25, 0.3) is 0 Å². The molecule has 114 valence electrons. The minimum Gasteiger partial charge on any atom is -0.481 e. The van der Waals surface area contributed by atoms with Crippen molar-refractivity contribution in [2.75, 3.05) is 6.61 Å². The molecule has 0 aromatic heterocycles. The summed E-state index contributed by atoms with van der Waals surface area (Å²) < 4.78 is 0. The van der Waals surface area contributed by atoms with Crippen LogP contribution in [0.4, 0.5) is 0 Å². The fourth-order valence-electron chi connectivity index (χ4n) is 1.64. The molecule has 2 N–H and O–H groups in total. The number of carbonyl (C=O) groups is 1. The first-order valence-corrected chi connectivity index (χ1v) is 7.60. The molecule has 0 atom stereocenters. The van der Waals surface area contributed by atoms with Gasteiger partial charge in [0.2, 0.25) is 0 Å². The number of carboxylic acids is 1. The number of unbranched alkanes of at least 4 members (excludes halogenated alkanes) is 8. The molecule has 0 saturated carbocycles. The quantitative estimate of drug-likeness (QED) is 0.428. The Hall–Kier alpha value is -0.830. The maximum atomic E-state index is 9.00. The second kappa shape index (κ2) is 19.5. The normalized spacial score (nSPS) is 10.3. The van der Waals surface area contributed by atoms with E-state index in [1.54, 1.807) is 0 Å². The first-order chi connectivity index (χ1) is 9.15. The van der Waals surface area contributed by atoms with Crippen LogP contribution in [0, 0.1) is 0 Å². The van der Waals surface area contributed by atoms with Crippen molar-refractivity contribution in [2.45, 2.75) is 78.1 Å². The highest BCUT2D eigenvalue weighted by Crippen LogP contribution is 2.07. The molecule has 0 bridgehead atoms. The maximum absolute atomic E-state index is 9.00. The van der Waals surface area contributed by atoms with Gasteiger partial charge in [0.05, 0.1) is 0 Å². The molecule has 0 aliphatic carbocycles. The zero-order valence-corrected chi connectivity index (χ0v) is 12.7. The minimum absolute atomic E-state index is 0.361. The summed E-state index contributed by atoms with van der Waals surface area (Å²) in [6, 6.07) is 0. The van der Waals surface area contributed by atoms with Gasteiger partial charge in [-0.15, -0.1) is 0 Å². The Morgan fingerprint density at radius 1 is 0.895 bits per heavy atom. The summed E-state index contributed by atoms with van der Waals surface area (Å²) in [6.45, 7) is 3.68. The zero-order chi connectivity index (χ0) is 14.8. The van der Waals surface area contributed by atoms with Crippen LogP contribution in [-0.4, -0.2) is 22.8 Å². The molecule has 0 aromatic carbocycles. The van der Waals surface area contributed by atoms with Gasteiger partial charge in [0.25, 0.3) is 5.97 Å². The van der Waals surface area contributed by atoms with Crippen molar-refractivity contribution in [1.82, 2.24) is 0 Å². The van der Waals surface area contributed by atoms with Crippen LogP contribution >= 0.6 is 0 Å². The van der Waals surface area contributed by atoms with Crippen LogP contribution in [0.2, 0.25) is 0 Å². The number of hydrogen-bond acceptors (Lipinski definition) is 2. The van der Waals surface area contributed by atoms with Gasteiger partial charge >= 0.3 is 0 Å². The van der Waals surface area contributed by atoms with Crippen molar-refractivity contribution in [2.24, 2.45) is 0 Å². The largest absolute Gasteiger partial charge is 0.481 e. The van der Waals surface area contributed by atoms with E-state index in [0.29, 0.717) is 6.61 Å². The highest BCUT2D eigenvalue weighted by molar-refractivity contribution is 5.62. The molecule has 0 fully saturated rings. The Bertz CT molecular complexity index is 196. The van der Waals surface area contributed by atoms with Crippen molar-refractivity contribution in [3.63, 3.8) is 0 Å². The van der Waals surface area contributed by atoms with Crippen LogP contribution in [0.3, 0.4) is 0 Å². The van der Waals surface area contributed by atoms with E-state index in [4.69, 9.17) is 15.0 Å². The third kappa shape index (κ3) is 31.7. The summed E-state index contributed by atoms with van der Waals surface area (Å²) in [4.78, 5) is 9.00. The number of allylic oxidation sites excluding steroid dienone is 2. The van der Waals surface area contributed by atoms with Crippen LogP contribution in [0.15, 0.2) is 12.2 Å². The molecule has 0 aliphatic heterocycles. The van der Waals surface area contributed by atoms with Gasteiger partial charge in [-0.3, -0.25) is 4.79 Å². The van der Waals surface area contributed by atoms with E-state index in [1.165, 1.54) is 57.8 Å². The molecule has 3 heteroatoms. The Morgan fingerprint density at radius 3 is 1.79 bits per heavy atom. The topological polar surface area (TPSA) is 57.5 Å². The lowest BCUT2D eigenvalue weighted by atomic mass is 10.1. The van der Waals surface area contributed by atoms with Gasteiger partial charge < -0.3 is 10.2 Å². The second-order valence-electron chi connectivity index (χ2n) is 4.77. The summed E-state index contributed by atoms with van der Waals surface area (Å²) in [5.41, 5.74) is 0. The van der Waals surface area contributed by atoms with E-state index < -0.39 is 5.97 Å². The molecule has 0 heterocycles. The molecular weight excluding hydrogens is 240 g/mol. The smallest absolute Gasteiger partial charge is 0.300 e. The zero-order valence-electron chi connectivity index (χ0n) is 12.7. The van der Waals surface area contributed by atoms with Gasteiger partial charge in [-0.2, -0.15) is 0 Å². The molecule has 0 spiro atoms. The molecule has 0 radical (unpaired) electrons. The third-order valence-electron chi connectivity index (χ3n) is 2.67. The van der Waals surface area contributed by atoms with E-state index in [-0.39, 0.29) is 0 Å². The molecule has 0 saturated heterocycles. The van der Waals surface area contributed by atoms with Crippen molar-refractivity contribution in [1.29, 1.82) is 0 Å². The predicted octanol–water partition coefficient (Wildman–Crippen LogP) is 4.55. The molecule has 19 heavy (non-hydrogen) atoms. The average Bonchev–Trinajstić information content (AvgIpc) is 2.35. The lowest BCUT2D eigenvalue weighted by molar-refractivity contribution is -0.134. The van der Waals surface area contributed by atoms with E-state index >= 15 is 0 Å². The molecule has 0 aromatic rings. The molecule has 0 unspecified atom stereocenters. The SMILES string of the molecule is CC(=O)O.CCCC/C=C\CCCCCCCCO. The Morgan fingerprint density at radius 2 is 1.32 bits per heavy atom. The van der Waals surface area contributed by atoms with Gasteiger partial charge in [-0.25, -0.2) is 0 Å². The number of rotatable bonds is 11. The number of aliphatic hydroxyl groups excluding tert-OH is 1. The fourth-order valence-corrected chi connectivity index (χ4v) is 1.64. The second-order valence-corrected chi connectivity index (χ2v) is 4.77. The summed E-state index contributed by atoms with van der Waals surface area (Å²) in [5.74, 6) is -0.833. The summed E-state index contributed by atoms with van der Waals surface area (Å²) in [6.07, 6.45) is 17.3.